The second-order valence-corrected chi connectivity index (χ2v) is 10.0. The predicted octanol–water partition coefficient (Wildman–Crippen LogP) is 3.25. The smallest absolute Gasteiger partial charge is 0.267 e. The van der Waals surface area contributed by atoms with Crippen LogP contribution in [0.5, 0.6) is 0 Å². The highest BCUT2D eigenvalue weighted by molar-refractivity contribution is 6.04. The molecule has 11 heteroatoms. The van der Waals surface area contributed by atoms with Crippen molar-refractivity contribution in [3.63, 3.8) is 0 Å². The van der Waals surface area contributed by atoms with E-state index in [1.807, 2.05) is 57.3 Å². The minimum absolute atomic E-state index is 0.0599. The van der Waals surface area contributed by atoms with Crippen LogP contribution in [0.4, 0.5) is 5.82 Å². The highest BCUT2D eigenvalue weighted by Gasteiger charge is 2.25. The highest BCUT2D eigenvalue weighted by Crippen LogP contribution is 2.23. The Hall–Kier alpha value is -5.76. The number of rotatable bonds is 4. The number of hydrogen-bond acceptors (Lipinski definition) is 7. The standard InChI is InChI=1S/C31H27N9O2/c1-18-15-19(2)40-29(34-18)26(27(32)37-40)30(41)35-20(3)28-36-24-12-8-9-22(14-13-21-16-33-38(4)17-21)25(24)31(42)39(28)23-10-6-5-7-11-23/h5-12,15-17,20H,1-4H3,(H2,32,37)(H,35,41)/t20-/m1/s1. The number of aromatic nitrogens is 7. The summed E-state index contributed by atoms with van der Waals surface area (Å²) in [6.45, 7) is 5.47. The summed E-state index contributed by atoms with van der Waals surface area (Å²) in [5.41, 5.74) is 10.3. The number of nitrogen functional groups attached to an aromatic ring is 1. The van der Waals surface area contributed by atoms with Gasteiger partial charge in [-0.3, -0.25) is 18.8 Å². The van der Waals surface area contributed by atoms with Gasteiger partial charge in [-0.1, -0.05) is 36.1 Å². The van der Waals surface area contributed by atoms with E-state index < -0.39 is 11.9 Å². The van der Waals surface area contributed by atoms with Gasteiger partial charge in [-0.15, -0.1) is 5.10 Å². The van der Waals surface area contributed by atoms with E-state index in [9.17, 15) is 9.59 Å². The third kappa shape index (κ3) is 4.65. The third-order valence-electron chi connectivity index (χ3n) is 6.87. The second kappa shape index (κ2) is 10.3. The first-order valence-corrected chi connectivity index (χ1v) is 13.3. The molecule has 0 fully saturated rings. The zero-order valence-electron chi connectivity index (χ0n) is 23.5. The molecule has 3 N–H and O–H groups in total. The molecule has 0 saturated carbocycles. The average molecular weight is 558 g/mol. The van der Waals surface area contributed by atoms with E-state index in [0.717, 1.165) is 17.0 Å². The van der Waals surface area contributed by atoms with E-state index in [2.05, 4.69) is 32.3 Å². The number of fused-ring (bicyclic) bond motifs is 2. The Bertz CT molecular complexity index is 2130. The van der Waals surface area contributed by atoms with Gasteiger partial charge >= 0.3 is 0 Å². The van der Waals surface area contributed by atoms with Crippen LogP contribution < -0.4 is 16.6 Å². The lowest BCUT2D eigenvalue weighted by Gasteiger charge is -2.20. The molecule has 0 bridgehead atoms. The molecular formula is C31H27N9O2. The zero-order chi connectivity index (χ0) is 29.5. The minimum atomic E-state index is -0.694. The number of nitrogens with zero attached hydrogens (tertiary/aromatic N) is 7. The minimum Gasteiger partial charge on any atom is -0.381 e. The van der Waals surface area contributed by atoms with E-state index in [4.69, 9.17) is 10.7 Å². The number of carbonyl (C=O) groups is 1. The van der Waals surface area contributed by atoms with Crippen LogP contribution in [0.25, 0.3) is 22.2 Å². The lowest BCUT2D eigenvalue weighted by atomic mass is 10.1. The molecule has 0 radical (unpaired) electrons. The maximum absolute atomic E-state index is 14.2. The normalized spacial score (nSPS) is 11.8. The summed E-state index contributed by atoms with van der Waals surface area (Å²) in [6, 6.07) is 15.7. The zero-order valence-corrected chi connectivity index (χ0v) is 23.5. The van der Waals surface area contributed by atoms with E-state index >= 15 is 0 Å². The lowest BCUT2D eigenvalue weighted by Crippen LogP contribution is -2.33. The Morgan fingerprint density at radius 3 is 2.57 bits per heavy atom. The van der Waals surface area contributed by atoms with Crippen LogP contribution >= 0.6 is 0 Å². The molecule has 1 amide bonds. The Morgan fingerprint density at radius 2 is 1.83 bits per heavy atom. The molecule has 4 heterocycles. The summed E-state index contributed by atoms with van der Waals surface area (Å²) in [5, 5.41) is 11.8. The third-order valence-corrected chi connectivity index (χ3v) is 6.87. The lowest BCUT2D eigenvalue weighted by molar-refractivity contribution is 0.0940. The van der Waals surface area contributed by atoms with Gasteiger partial charge in [0.2, 0.25) is 0 Å². The molecule has 0 aliphatic heterocycles. The number of nitrogens with two attached hydrogens (primary N) is 1. The molecular weight excluding hydrogens is 530 g/mol. The number of nitrogens with one attached hydrogen (secondary N) is 1. The van der Waals surface area contributed by atoms with Crippen molar-refractivity contribution in [3.8, 4) is 17.5 Å². The monoisotopic (exact) mass is 557 g/mol. The van der Waals surface area contributed by atoms with Crippen molar-refractivity contribution in [3.05, 3.63) is 111 Å². The molecule has 2 aromatic carbocycles. The first kappa shape index (κ1) is 26.5. The van der Waals surface area contributed by atoms with Gasteiger partial charge in [0.25, 0.3) is 11.5 Å². The highest BCUT2D eigenvalue weighted by atomic mass is 16.2. The second-order valence-electron chi connectivity index (χ2n) is 10.0. The van der Waals surface area contributed by atoms with Crippen molar-refractivity contribution < 1.29 is 4.79 Å². The fourth-order valence-electron chi connectivity index (χ4n) is 4.98. The molecule has 1 atom stereocenters. The Kier molecular flexibility index (Phi) is 6.51. The van der Waals surface area contributed by atoms with Crippen molar-refractivity contribution in [2.75, 3.05) is 5.73 Å². The van der Waals surface area contributed by atoms with Gasteiger partial charge in [-0.05, 0) is 51.1 Å². The number of amides is 1. The Balaban J connectivity index is 1.47. The average Bonchev–Trinajstić information content (AvgIpc) is 3.53. The maximum Gasteiger partial charge on any atom is 0.267 e. The van der Waals surface area contributed by atoms with Crippen LogP contribution in [0.1, 0.15) is 51.7 Å². The van der Waals surface area contributed by atoms with Crippen LogP contribution in [0.15, 0.2) is 71.8 Å². The number of carbonyl (C=O) groups excluding carboxylic acids is 1. The van der Waals surface area contributed by atoms with Gasteiger partial charge in [0.15, 0.2) is 11.5 Å². The molecule has 0 saturated heterocycles. The fourth-order valence-corrected chi connectivity index (χ4v) is 4.98. The molecule has 0 aliphatic rings. The van der Waals surface area contributed by atoms with E-state index in [1.54, 1.807) is 46.7 Å². The van der Waals surface area contributed by atoms with Gasteiger partial charge < -0.3 is 11.1 Å². The van der Waals surface area contributed by atoms with Crippen LogP contribution in [0.2, 0.25) is 0 Å². The van der Waals surface area contributed by atoms with Crippen molar-refractivity contribution in [1.29, 1.82) is 0 Å². The number of para-hydroxylation sites is 1. The summed E-state index contributed by atoms with van der Waals surface area (Å²) in [6.07, 6.45) is 3.46. The van der Waals surface area contributed by atoms with Crippen LogP contribution in [0, 0.1) is 25.7 Å². The van der Waals surface area contributed by atoms with Crippen molar-refractivity contribution in [1.82, 2.24) is 39.2 Å². The topological polar surface area (TPSA) is 138 Å². The predicted molar refractivity (Wildman–Crippen MR) is 159 cm³/mol. The first-order chi connectivity index (χ1) is 20.2. The van der Waals surface area contributed by atoms with Crippen molar-refractivity contribution in [2.24, 2.45) is 7.05 Å². The van der Waals surface area contributed by atoms with Crippen molar-refractivity contribution in [2.45, 2.75) is 26.8 Å². The van der Waals surface area contributed by atoms with Gasteiger partial charge in [0.05, 0.1) is 34.4 Å². The summed E-state index contributed by atoms with van der Waals surface area (Å²) in [5.74, 6) is 6.12. The van der Waals surface area contributed by atoms with E-state index in [-0.39, 0.29) is 16.9 Å². The Labute approximate surface area is 240 Å². The molecule has 4 aromatic heterocycles. The van der Waals surface area contributed by atoms with Gasteiger partial charge in [-0.25, -0.2) is 14.5 Å². The molecule has 208 valence electrons. The number of anilines is 1. The quantitative estimate of drug-likeness (QED) is 0.317. The summed E-state index contributed by atoms with van der Waals surface area (Å²) in [7, 11) is 1.82. The van der Waals surface area contributed by atoms with Crippen LogP contribution in [-0.2, 0) is 7.05 Å². The molecule has 0 unspecified atom stereocenters. The molecule has 11 nitrogen and oxygen atoms in total. The van der Waals surface area contributed by atoms with Crippen molar-refractivity contribution >= 4 is 28.3 Å². The molecule has 0 aliphatic carbocycles. The van der Waals surface area contributed by atoms with Gasteiger partial charge in [-0.2, -0.15) is 5.10 Å². The Morgan fingerprint density at radius 1 is 1.05 bits per heavy atom. The summed E-state index contributed by atoms with van der Waals surface area (Å²) in [4.78, 5) is 37.2. The maximum atomic E-state index is 14.2. The summed E-state index contributed by atoms with van der Waals surface area (Å²) < 4.78 is 4.72. The van der Waals surface area contributed by atoms with E-state index in [0.29, 0.717) is 33.6 Å². The van der Waals surface area contributed by atoms with Crippen LogP contribution in [0.3, 0.4) is 0 Å². The fraction of sp³-hybridized carbons (Fsp3) is 0.161. The molecule has 6 aromatic rings. The molecule has 42 heavy (non-hydrogen) atoms. The van der Waals surface area contributed by atoms with Crippen LogP contribution in [-0.4, -0.2) is 39.8 Å². The molecule has 6 rings (SSSR count). The first-order valence-electron chi connectivity index (χ1n) is 13.3. The van der Waals surface area contributed by atoms with Gasteiger partial charge in [0.1, 0.15) is 11.4 Å². The largest absolute Gasteiger partial charge is 0.381 e. The van der Waals surface area contributed by atoms with Gasteiger partial charge in [0, 0.05) is 30.2 Å². The SMILES string of the molecule is Cc1cc(C)n2nc(N)c(C(=O)N[C@H](C)c3nc4cccc(C#Cc5cnn(C)c5)c4c(=O)n3-c3ccccc3)c2n1. The van der Waals surface area contributed by atoms with E-state index in [1.165, 1.54) is 4.57 Å². The number of hydrogen-bond donors (Lipinski definition) is 2. The molecule has 0 spiro atoms. The summed E-state index contributed by atoms with van der Waals surface area (Å²) >= 11 is 0. The number of benzene rings is 2. The number of aryl methyl sites for hydroxylation is 3.